The number of hydrogen-bond donors (Lipinski definition) is 2. The van der Waals surface area contributed by atoms with Crippen LogP contribution in [0.15, 0.2) is 48.7 Å². The van der Waals surface area contributed by atoms with Gasteiger partial charge < -0.3 is 16.4 Å². The third-order valence-corrected chi connectivity index (χ3v) is 6.85. The summed E-state index contributed by atoms with van der Waals surface area (Å²) in [6.45, 7) is 3.59. The number of aromatic nitrogens is 3. The minimum absolute atomic E-state index is 0.176. The molecule has 0 saturated carbocycles. The molecule has 178 valence electrons. The van der Waals surface area contributed by atoms with Crippen LogP contribution in [0.2, 0.25) is 10.0 Å². The molecule has 0 bridgehead atoms. The number of carbonyl (C=O) groups is 1. The molecule has 7 nitrogen and oxygen atoms in total. The maximum absolute atomic E-state index is 11.7. The Bertz CT molecular complexity index is 1430. The molecular formula is C26H24Cl2N6O. The fourth-order valence-electron chi connectivity index (χ4n) is 4.55. The third kappa shape index (κ3) is 4.67. The van der Waals surface area contributed by atoms with Crippen molar-refractivity contribution in [2.24, 2.45) is 11.5 Å². The molecule has 0 spiro atoms. The van der Waals surface area contributed by atoms with Gasteiger partial charge in [0.25, 0.3) is 0 Å². The van der Waals surface area contributed by atoms with Crippen LogP contribution in [0.25, 0.3) is 33.4 Å². The highest BCUT2D eigenvalue weighted by atomic mass is 35.5. The van der Waals surface area contributed by atoms with Crippen molar-refractivity contribution >= 4 is 45.7 Å². The Morgan fingerprint density at radius 2 is 1.83 bits per heavy atom. The molecule has 0 atom stereocenters. The van der Waals surface area contributed by atoms with Crippen LogP contribution in [0.5, 0.6) is 0 Å². The van der Waals surface area contributed by atoms with Gasteiger partial charge in [-0.1, -0.05) is 23.2 Å². The van der Waals surface area contributed by atoms with E-state index in [0.717, 1.165) is 53.8 Å². The van der Waals surface area contributed by atoms with E-state index in [9.17, 15) is 4.79 Å². The Morgan fingerprint density at radius 1 is 1.06 bits per heavy atom. The molecule has 1 fully saturated rings. The van der Waals surface area contributed by atoms with E-state index >= 15 is 0 Å². The molecule has 0 radical (unpaired) electrons. The highest BCUT2D eigenvalue weighted by Crippen LogP contribution is 2.40. The summed E-state index contributed by atoms with van der Waals surface area (Å²) in [6, 6.07) is 13.0. The number of nitrogens with two attached hydrogens (primary N) is 2. The molecule has 0 aliphatic carbocycles. The first-order valence-electron chi connectivity index (χ1n) is 11.3. The number of aryl methyl sites for hydroxylation is 1. The van der Waals surface area contributed by atoms with Gasteiger partial charge in [-0.2, -0.15) is 0 Å². The largest absolute Gasteiger partial charge is 0.369 e. The lowest BCUT2D eigenvalue weighted by atomic mass is 9.98. The molecule has 0 unspecified atom stereocenters. The van der Waals surface area contributed by atoms with Gasteiger partial charge in [-0.3, -0.25) is 9.78 Å². The van der Waals surface area contributed by atoms with E-state index in [2.05, 4.69) is 26.1 Å². The Balaban J connectivity index is 1.77. The summed E-state index contributed by atoms with van der Waals surface area (Å²) in [5, 5.41) is 11.1. The molecule has 4 aromatic rings. The van der Waals surface area contributed by atoms with E-state index in [1.807, 2.05) is 25.1 Å². The molecule has 1 amide bonds. The standard InChI is InChI=1S/C26H24Cl2N6O/c1-14-8-16(10-17(27)9-14)24-25(34-6-3-18(29)4-7-34)20-12-19(21(28)13-23(20)32-33-24)22-11-15(26(30)35)2-5-31-22/h2,5,8-13,18H,3-4,6-7,29H2,1H3,(H2,30,35). The average molecular weight is 507 g/mol. The van der Waals surface area contributed by atoms with Gasteiger partial charge in [0.05, 0.1) is 21.9 Å². The van der Waals surface area contributed by atoms with E-state index < -0.39 is 5.91 Å². The fourth-order valence-corrected chi connectivity index (χ4v) is 5.10. The van der Waals surface area contributed by atoms with Gasteiger partial charge in [0.15, 0.2) is 0 Å². The van der Waals surface area contributed by atoms with Crippen LogP contribution in [-0.4, -0.2) is 40.2 Å². The van der Waals surface area contributed by atoms with Crippen LogP contribution in [0.3, 0.4) is 0 Å². The van der Waals surface area contributed by atoms with Gasteiger partial charge >= 0.3 is 0 Å². The maximum atomic E-state index is 11.7. The normalized spacial score (nSPS) is 14.5. The van der Waals surface area contributed by atoms with Crippen LogP contribution in [0, 0.1) is 6.92 Å². The lowest BCUT2D eigenvalue weighted by molar-refractivity contribution is 0.1000. The molecule has 35 heavy (non-hydrogen) atoms. The molecule has 2 aromatic heterocycles. The number of anilines is 1. The van der Waals surface area contributed by atoms with Crippen LogP contribution in [0.4, 0.5) is 5.69 Å². The van der Waals surface area contributed by atoms with Gasteiger partial charge in [0, 0.05) is 52.4 Å². The van der Waals surface area contributed by atoms with E-state index in [0.29, 0.717) is 32.4 Å². The first-order valence-corrected chi connectivity index (χ1v) is 12.1. The lowest BCUT2D eigenvalue weighted by Crippen LogP contribution is -2.40. The van der Waals surface area contributed by atoms with Gasteiger partial charge in [-0.05, 0) is 67.8 Å². The molecule has 3 heterocycles. The molecular weight excluding hydrogens is 483 g/mol. The fraction of sp³-hybridized carbons (Fsp3) is 0.231. The Hall–Kier alpha value is -3.26. The second kappa shape index (κ2) is 9.41. The van der Waals surface area contributed by atoms with E-state index in [1.165, 1.54) is 0 Å². The Morgan fingerprint density at radius 3 is 2.54 bits per heavy atom. The topological polar surface area (TPSA) is 111 Å². The maximum Gasteiger partial charge on any atom is 0.248 e. The molecule has 5 rings (SSSR count). The quantitative estimate of drug-likeness (QED) is 0.402. The molecule has 1 aliphatic heterocycles. The summed E-state index contributed by atoms with van der Waals surface area (Å²) >= 11 is 13.1. The van der Waals surface area contributed by atoms with Crippen LogP contribution in [0.1, 0.15) is 28.8 Å². The van der Waals surface area contributed by atoms with Crippen LogP contribution < -0.4 is 16.4 Å². The predicted octanol–water partition coefficient (Wildman–Crippen LogP) is 5.00. The number of benzene rings is 2. The number of rotatable bonds is 4. The summed E-state index contributed by atoms with van der Waals surface area (Å²) in [5.41, 5.74) is 17.6. The minimum atomic E-state index is -0.527. The summed E-state index contributed by atoms with van der Waals surface area (Å²) in [6.07, 6.45) is 3.30. The number of primary amides is 1. The zero-order valence-corrected chi connectivity index (χ0v) is 20.6. The van der Waals surface area contributed by atoms with Crippen molar-refractivity contribution in [3.63, 3.8) is 0 Å². The smallest absolute Gasteiger partial charge is 0.248 e. The number of hydrogen-bond acceptors (Lipinski definition) is 6. The molecule has 2 aromatic carbocycles. The number of pyridine rings is 1. The van der Waals surface area contributed by atoms with Crippen molar-refractivity contribution in [3.05, 3.63) is 69.8 Å². The van der Waals surface area contributed by atoms with Crippen molar-refractivity contribution in [2.45, 2.75) is 25.8 Å². The van der Waals surface area contributed by atoms with E-state index in [4.69, 9.17) is 34.7 Å². The SMILES string of the molecule is Cc1cc(Cl)cc(-c2nnc3cc(Cl)c(-c4cc(C(N)=O)ccn4)cc3c2N2CCC(N)CC2)c1. The number of halogens is 2. The summed E-state index contributed by atoms with van der Waals surface area (Å²) in [4.78, 5) is 18.5. The number of amides is 1. The Labute approximate surface area is 213 Å². The zero-order chi connectivity index (χ0) is 24.7. The first kappa shape index (κ1) is 23.5. The first-order chi connectivity index (χ1) is 16.8. The number of piperidine rings is 1. The highest BCUT2D eigenvalue weighted by Gasteiger charge is 2.24. The summed E-state index contributed by atoms with van der Waals surface area (Å²) < 4.78 is 0. The minimum Gasteiger partial charge on any atom is -0.369 e. The van der Waals surface area contributed by atoms with Gasteiger partial charge in [0.1, 0.15) is 5.69 Å². The zero-order valence-electron chi connectivity index (χ0n) is 19.1. The monoisotopic (exact) mass is 506 g/mol. The van der Waals surface area contributed by atoms with Crippen molar-refractivity contribution in [3.8, 4) is 22.5 Å². The number of nitrogens with zero attached hydrogens (tertiary/aromatic N) is 4. The van der Waals surface area contributed by atoms with Crippen molar-refractivity contribution in [2.75, 3.05) is 18.0 Å². The molecule has 1 saturated heterocycles. The number of fused-ring (bicyclic) bond motifs is 1. The molecule has 9 heteroatoms. The van der Waals surface area contributed by atoms with Gasteiger partial charge in [-0.25, -0.2) is 0 Å². The highest BCUT2D eigenvalue weighted by molar-refractivity contribution is 6.34. The van der Waals surface area contributed by atoms with Crippen molar-refractivity contribution in [1.82, 2.24) is 15.2 Å². The van der Waals surface area contributed by atoms with Crippen molar-refractivity contribution < 1.29 is 4.79 Å². The lowest BCUT2D eigenvalue weighted by Gasteiger charge is -2.33. The van der Waals surface area contributed by atoms with Crippen LogP contribution in [-0.2, 0) is 0 Å². The molecule has 1 aliphatic rings. The van der Waals surface area contributed by atoms with E-state index in [1.54, 1.807) is 24.4 Å². The third-order valence-electron chi connectivity index (χ3n) is 6.31. The predicted molar refractivity (Wildman–Crippen MR) is 141 cm³/mol. The number of carbonyl (C=O) groups excluding carboxylic acids is 1. The van der Waals surface area contributed by atoms with Crippen LogP contribution >= 0.6 is 23.2 Å². The van der Waals surface area contributed by atoms with Gasteiger partial charge in [-0.15, -0.1) is 10.2 Å². The second-order valence-corrected chi connectivity index (χ2v) is 9.73. The Kier molecular flexibility index (Phi) is 6.32. The molecule has 4 N–H and O–H groups in total. The van der Waals surface area contributed by atoms with E-state index in [-0.39, 0.29) is 6.04 Å². The van der Waals surface area contributed by atoms with Crippen molar-refractivity contribution in [1.29, 1.82) is 0 Å². The summed E-state index contributed by atoms with van der Waals surface area (Å²) in [5.74, 6) is -0.527. The average Bonchev–Trinajstić information content (AvgIpc) is 2.83. The summed E-state index contributed by atoms with van der Waals surface area (Å²) in [7, 11) is 0. The van der Waals surface area contributed by atoms with Gasteiger partial charge in [0.2, 0.25) is 5.91 Å². The second-order valence-electron chi connectivity index (χ2n) is 8.88.